The van der Waals surface area contributed by atoms with Crippen molar-refractivity contribution in [1.29, 1.82) is 0 Å². The summed E-state index contributed by atoms with van der Waals surface area (Å²) >= 11 is 0. The lowest BCUT2D eigenvalue weighted by molar-refractivity contribution is 0.500. The van der Waals surface area contributed by atoms with E-state index < -0.39 is 0 Å². The topological polar surface area (TPSA) is 26.0 Å². The number of rotatable bonds is 5. The van der Waals surface area contributed by atoms with Gasteiger partial charge < -0.3 is 5.73 Å². The Morgan fingerprint density at radius 1 is 1.55 bits per heavy atom. The molecule has 2 N–H and O–H groups in total. The van der Waals surface area contributed by atoms with Crippen molar-refractivity contribution in [2.45, 2.75) is 46.5 Å². The zero-order valence-electron chi connectivity index (χ0n) is 8.06. The molecule has 0 saturated heterocycles. The molecule has 1 nitrogen and oxygen atoms in total. The van der Waals surface area contributed by atoms with Gasteiger partial charge in [0, 0.05) is 5.70 Å². The van der Waals surface area contributed by atoms with Crippen LogP contribution in [-0.4, -0.2) is 0 Å². The van der Waals surface area contributed by atoms with Crippen molar-refractivity contribution < 1.29 is 0 Å². The van der Waals surface area contributed by atoms with Crippen LogP contribution in [0.15, 0.2) is 11.8 Å². The smallest absolute Gasteiger partial charge is 0.00398 e. The minimum atomic E-state index is 0.756. The molecule has 0 fully saturated rings. The number of nitrogens with two attached hydrogens (primary N) is 1. The van der Waals surface area contributed by atoms with E-state index in [9.17, 15) is 0 Å². The van der Waals surface area contributed by atoms with Crippen LogP contribution in [0, 0.1) is 5.92 Å². The molecule has 11 heavy (non-hydrogen) atoms. The molecule has 0 aliphatic rings. The lowest BCUT2D eigenvalue weighted by Crippen LogP contribution is -2.03. The van der Waals surface area contributed by atoms with E-state index in [0.29, 0.717) is 0 Å². The van der Waals surface area contributed by atoms with Crippen LogP contribution in [0.4, 0.5) is 0 Å². The Morgan fingerprint density at radius 2 is 2.18 bits per heavy atom. The average molecular weight is 155 g/mol. The van der Waals surface area contributed by atoms with Gasteiger partial charge in [0.05, 0.1) is 0 Å². The van der Waals surface area contributed by atoms with Gasteiger partial charge in [-0.25, -0.2) is 0 Å². The molecule has 0 aliphatic heterocycles. The molecule has 0 saturated carbocycles. The van der Waals surface area contributed by atoms with Crippen LogP contribution in [-0.2, 0) is 0 Å². The third kappa shape index (κ3) is 5.96. The summed E-state index contributed by atoms with van der Waals surface area (Å²) in [6.07, 6.45) is 7.00. The van der Waals surface area contributed by atoms with Gasteiger partial charge in [-0.3, -0.25) is 0 Å². The van der Waals surface area contributed by atoms with E-state index in [1.165, 1.54) is 19.3 Å². The molecule has 1 heteroatoms. The summed E-state index contributed by atoms with van der Waals surface area (Å²) in [5.41, 5.74) is 6.74. The highest BCUT2D eigenvalue weighted by atomic mass is 14.6. The second kappa shape index (κ2) is 6.26. The van der Waals surface area contributed by atoms with Crippen molar-refractivity contribution in [1.82, 2.24) is 0 Å². The van der Waals surface area contributed by atoms with E-state index >= 15 is 0 Å². The van der Waals surface area contributed by atoms with Gasteiger partial charge in [-0.2, -0.15) is 0 Å². The Kier molecular flexibility index (Phi) is 6.00. The highest BCUT2D eigenvalue weighted by Crippen LogP contribution is 2.14. The second-order valence-corrected chi connectivity index (χ2v) is 3.32. The Labute approximate surface area is 70.7 Å². The largest absolute Gasteiger partial charge is 0.402 e. The van der Waals surface area contributed by atoms with E-state index in [0.717, 1.165) is 18.0 Å². The van der Waals surface area contributed by atoms with Crippen molar-refractivity contribution in [2.24, 2.45) is 11.7 Å². The fourth-order valence-electron chi connectivity index (χ4n) is 1.17. The number of allylic oxidation sites excluding steroid dienone is 2. The molecule has 1 unspecified atom stereocenters. The first-order chi connectivity index (χ1) is 5.20. The minimum absolute atomic E-state index is 0.756. The molecule has 0 aromatic heterocycles. The van der Waals surface area contributed by atoms with E-state index in [4.69, 9.17) is 5.73 Å². The maximum absolute atomic E-state index is 5.71. The van der Waals surface area contributed by atoms with Gasteiger partial charge in [0.1, 0.15) is 0 Å². The number of hydrogen-bond acceptors (Lipinski definition) is 1. The van der Waals surface area contributed by atoms with Crippen LogP contribution in [0.2, 0.25) is 0 Å². The monoisotopic (exact) mass is 155 g/mol. The van der Waals surface area contributed by atoms with Crippen LogP contribution in [0.1, 0.15) is 46.5 Å². The molecule has 1 atom stereocenters. The fourth-order valence-corrected chi connectivity index (χ4v) is 1.17. The van der Waals surface area contributed by atoms with Crippen molar-refractivity contribution in [3.8, 4) is 0 Å². The van der Waals surface area contributed by atoms with Gasteiger partial charge in [0.25, 0.3) is 0 Å². The molecule has 0 bridgehead atoms. The van der Waals surface area contributed by atoms with Crippen LogP contribution in [0.5, 0.6) is 0 Å². The fraction of sp³-hybridized carbons (Fsp3) is 0.800. The molecule has 0 amide bonds. The molecule has 0 rings (SSSR count). The quantitative estimate of drug-likeness (QED) is 0.648. The van der Waals surface area contributed by atoms with E-state index in [2.05, 4.69) is 13.8 Å². The van der Waals surface area contributed by atoms with Gasteiger partial charge in [-0.05, 0) is 19.3 Å². The third-order valence-electron chi connectivity index (χ3n) is 2.01. The van der Waals surface area contributed by atoms with Crippen LogP contribution in [0.3, 0.4) is 0 Å². The highest BCUT2D eigenvalue weighted by molar-refractivity contribution is 4.94. The van der Waals surface area contributed by atoms with Gasteiger partial charge in [-0.1, -0.05) is 39.2 Å². The molecule has 0 radical (unpaired) electrons. The maximum Gasteiger partial charge on any atom is 0.00398 e. The molecule has 0 aliphatic carbocycles. The summed E-state index contributed by atoms with van der Waals surface area (Å²) in [6, 6.07) is 0. The minimum Gasteiger partial charge on any atom is -0.402 e. The summed E-state index contributed by atoms with van der Waals surface area (Å²) in [4.78, 5) is 0. The number of unbranched alkanes of at least 4 members (excludes halogenated alkanes) is 1. The van der Waals surface area contributed by atoms with Crippen molar-refractivity contribution in [3.05, 3.63) is 11.8 Å². The Hall–Kier alpha value is -0.460. The van der Waals surface area contributed by atoms with Gasteiger partial charge >= 0.3 is 0 Å². The van der Waals surface area contributed by atoms with Crippen molar-refractivity contribution >= 4 is 0 Å². The van der Waals surface area contributed by atoms with Crippen molar-refractivity contribution in [2.75, 3.05) is 0 Å². The summed E-state index contributed by atoms with van der Waals surface area (Å²) in [5.74, 6) is 0.756. The zero-order valence-corrected chi connectivity index (χ0v) is 8.06. The van der Waals surface area contributed by atoms with Crippen LogP contribution < -0.4 is 5.73 Å². The summed E-state index contributed by atoms with van der Waals surface area (Å²) in [7, 11) is 0. The predicted octanol–water partition coefficient (Wildman–Crippen LogP) is 3.07. The van der Waals surface area contributed by atoms with Crippen molar-refractivity contribution in [3.63, 3.8) is 0 Å². The van der Waals surface area contributed by atoms with Gasteiger partial charge in [0.2, 0.25) is 0 Å². The first-order valence-electron chi connectivity index (χ1n) is 4.61. The number of hydrogen-bond donors (Lipinski definition) is 1. The molecular weight excluding hydrogens is 134 g/mol. The zero-order chi connectivity index (χ0) is 8.69. The van der Waals surface area contributed by atoms with Crippen LogP contribution >= 0.6 is 0 Å². The Bertz CT molecular complexity index is 116. The Morgan fingerprint density at radius 3 is 2.64 bits per heavy atom. The van der Waals surface area contributed by atoms with E-state index in [1.807, 2.05) is 13.0 Å². The first kappa shape index (κ1) is 10.5. The van der Waals surface area contributed by atoms with Gasteiger partial charge in [-0.15, -0.1) is 0 Å². The lowest BCUT2D eigenvalue weighted by atomic mass is 9.99. The van der Waals surface area contributed by atoms with Crippen LogP contribution in [0.25, 0.3) is 0 Å². The molecular formula is C10H21N. The molecule has 0 spiro atoms. The first-order valence-corrected chi connectivity index (χ1v) is 4.61. The molecule has 0 heterocycles. The van der Waals surface area contributed by atoms with E-state index in [-0.39, 0.29) is 0 Å². The normalized spacial score (nSPS) is 15.0. The average Bonchev–Trinajstić information content (AvgIpc) is 2.00. The second-order valence-electron chi connectivity index (χ2n) is 3.32. The SMILES string of the molecule is C/C=C(\N)CC(C)CCCC. The summed E-state index contributed by atoms with van der Waals surface area (Å²) in [5, 5.41) is 0. The molecule has 0 aromatic carbocycles. The summed E-state index contributed by atoms with van der Waals surface area (Å²) < 4.78 is 0. The van der Waals surface area contributed by atoms with Gasteiger partial charge in [0.15, 0.2) is 0 Å². The Balaban J connectivity index is 3.43. The standard InChI is InChI=1S/C10H21N/c1-4-6-7-9(3)8-10(11)5-2/h5,9H,4,6-8,11H2,1-3H3/b10-5-. The van der Waals surface area contributed by atoms with E-state index in [1.54, 1.807) is 0 Å². The molecule has 0 aromatic rings. The third-order valence-corrected chi connectivity index (χ3v) is 2.01. The lowest BCUT2D eigenvalue weighted by Gasteiger charge is -2.09. The maximum atomic E-state index is 5.71. The summed E-state index contributed by atoms with van der Waals surface area (Å²) in [6.45, 7) is 6.50. The highest BCUT2D eigenvalue weighted by Gasteiger charge is 2.01. The molecule has 66 valence electrons. The predicted molar refractivity (Wildman–Crippen MR) is 51.3 cm³/mol.